The molecule has 0 aliphatic carbocycles. The van der Waals surface area contributed by atoms with E-state index in [0.717, 1.165) is 11.1 Å². The Balaban J connectivity index is 3.26. The first kappa shape index (κ1) is 14.6. The lowest BCUT2D eigenvalue weighted by Gasteiger charge is -2.23. The Labute approximate surface area is 106 Å². The van der Waals surface area contributed by atoms with E-state index in [2.05, 4.69) is 0 Å². The number of carboxylic acids is 1. The Bertz CT molecular complexity index is 453. The van der Waals surface area contributed by atoms with Crippen LogP contribution in [0.5, 0.6) is 0 Å². The van der Waals surface area contributed by atoms with E-state index >= 15 is 0 Å². The topological polar surface area (TPSA) is 37.3 Å². The third-order valence-corrected chi connectivity index (χ3v) is 3.38. The second-order valence-electron chi connectivity index (χ2n) is 4.73. The van der Waals surface area contributed by atoms with Crippen molar-refractivity contribution in [2.24, 2.45) is 0 Å². The highest BCUT2D eigenvalue weighted by Gasteiger charge is 2.35. The molecule has 2 nitrogen and oxygen atoms in total. The lowest BCUT2D eigenvalue weighted by Crippen LogP contribution is -2.19. The van der Waals surface area contributed by atoms with E-state index in [0.29, 0.717) is 11.1 Å². The maximum absolute atomic E-state index is 14.1. The van der Waals surface area contributed by atoms with Gasteiger partial charge in [-0.25, -0.2) is 8.78 Å². The molecule has 100 valence electrons. The van der Waals surface area contributed by atoms with Gasteiger partial charge in [-0.1, -0.05) is 6.07 Å². The summed E-state index contributed by atoms with van der Waals surface area (Å²) in [5, 5.41) is 8.54. The van der Waals surface area contributed by atoms with Crippen LogP contribution in [0.1, 0.15) is 40.7 Å². The van der Waals surface area contributed by atoms with Crippen molar-refractivity contribution < 1.29 is 18.7 Å². The van der Waals surface area contributed by atoms with E-state index in [-0.39, 0.29) is 5.56 Å². The molecule has 0 saturated heterocycles. The first-order valence-corrected chi connectivity index (χ1v) is 5.84. The van der Waals surface area contributed by atoms with Crippen molar-refractivity contribution in [3.05, 3.63) is 33.9 Å². The Morgan fingerprint density at radius 2 is 1.61 bits per heavy atom. The molecule has 0 fully saturated rings. The van der Waals surface area contributed by atoms with Gasteiger partial charge >= 0.3 is 5.97 Å². The van der Waals surface area contributed by atoms with Gasteiger partial charge in [-0.3, -0.25) is 4.79 Å². The van der Waals surface area contributed by atoms with Gasteiger partial charge in [-0.15, -0.1) is 0 Å². The van der Waals surface area contributed by atoms with Crippen LogP contribution in [0.15, 0.2) is 6.07 Å². The van der Waals surface area contributed by atoms with Crippen LogP contribution in [-0.4, -0.2) is 11.1 Å². The van der Waals surface area contributed by atoms with Crippen LogP contribution in [0.25, 0.3) is 0 Å². The van der Waals surface area contributed by atoms with Crippen LogP contribution in [0.3, 0.4) is 0 Å². The number of rotatable bonds is 4. The van der Waals surface area contributed by atoms with E-state index in [1.54, 1.807) is 27.7 Å². The number of carboxylic acid groups (broad SMARTS) is 1. The molecular formula is C14H18F2O2. The van der Waals surface area contributed by atoms with Gasteiger partial charge in [0.05, 0.1) is 6.42 Å². The number of halogens is 2. The molecule has 0 bridgehead atoms. The predicted molar refractivity (Wildman–Crippen MR) is 66.2 cm³/mol. The third-order valence-electron chi connectivity index (χ3n) is 3.38. The molecule has 0 spiro atoms. The van der Waals surface area contributed by atoms with E-state index in [1.165, 1.54) is 0 Å². The second kappa shape index (κ2) is 5.04. The van der Waals surface area contributed by atoms with Crippen molar-refractivity contribution in [2.75, 3.05) is 0 Å². The average molecular weight is 256 g/mol. The van der Waals surface area contributed by atoms with Crippen molar-refractivity contribution in [1.29, 1.82) is 0 Å². The van der Waals surface area contributed by atoms with Gasteiger partial charge < -0.3 is 5.11 Å². The molecule has 0 heterocycles. The molecule has 1 N–H and O–H groups in total. The highest BCUT2D eigenvalue weighted by molar-refractivity contribution is 5.66. The fourth-order valence-corrected chi connectivity index (χ4v) is 2.15. The number of carbonyl (C=O) groups is 1. The molecule has 0 aromatic heterocycles. The first-order chi connectivity index (χ1) is 8.16. The lowest BCUT2D eigenvalue weighted by atomic mass is 9.89. The number of alkyl halides is 2. The van der Waals surface area contributed by atoms with Crippen molar-refractivity contribution in [3.8, 4) is 0 Å². The Morgan fingerprint density at radius 1 is 1.17 bits per heavy atom. The quantitative estimate of drug-likeness (QED) is 0.887. The maximum atomic E-state index is 14.1. The minimum atomic E-state index is -3.09. The molecular weight excluding hydrogens is 238 g/mol. The van der Waals surface area contributed by atoms with E-state index in [1.807, 2.05) is 6.07 Å². The molecule has 0 aliphatic heterocycles. The number of aryl methyl sites for hydroxylation is 2. The summed E-state index contributed by atoms with van der Waals surface area (Å²) in [6, 6.07) is 1.88. The molecule has 0 unspecified atom stereocenters. The summed E-state index contributed by atoms with van der Waals surface area (Å²) in [5.74, 6) is -4.29. The van der Waals surface area contributed by atoms with E-state index in [9.17, 15) is 13.6 Å². The largest absolute Gasteiger partial charge is 0.481 e. The fraction of sp³-hybridized carbons (Fsp3) is 0.500. The summed E-state index contributed by atoms with van der Waals surface area (Å²) in [6.45, 7) is 6.90. The Kier molecular flexibility index (Phi) is 4.09. The zero-order valence-corrected chi connectivity index (χ0v) is 11.1. The first-order valence-electron chi connectivity index (χ1n) is 5.84. The van der Waals surface area contributed by atoms with Gasteiger partial charge in [0.25, 0.3) is 5.92 Å². The Morgan fingerprint density at radius 3 is 2.00 bits per heavy atom. The van der Waals surface area contributed by atoms with Crippen LogP contribution in [0, 0.1) is 27.7 Å². The minimum absolute atomic E-state index is 0.0127. The van der Waals surface area contributed by atoms with Crippen molar-refractivity contribution in [3.63, 3.8) is 0 Å². The number of aliphatic carboxylic acids is 1. The molecule has 0 amide bonds. The molecule has 0 aliphatic rings. The normalized spacial score (nSPS) is 11.7. The van der Waals surface area contributed by atoms with E-state index in [4.69, 9.17) is 5.11 Å². The summed E-state index contributed by atoms with van der Waals surface area (Å²) >= 11 is 0. The average Bonchev–Trinajstić information content (AvgIpc) is 2.24. The zero-order valence-electron chi connectivity index (χ0n) is 11.1. The molecule has 0 atom stereocenters. The van der Waals surface area contributed by atoms with Crippen LogP contribution in [-0.2, 0) is 10.7 Å². The lowest BCUT2D eigenvalue weighted by molar-refractivity contribution is -0.139. The van der Waals surface area contributed by atoms with Crippen LogP contribution in [0.2, 0.25) is 0 Å². The van der Waals surface area contributed by atoms with E-state index < -0.39 is 24.7 Å². The number of hydrogen-bond donors (Lipinski definition) is 1. The standard InChI is InChI=1S/C14H18F2O2/c1-8-7-9(2)11(4)13(10(8)3)14(15,16)6-5-12(17)18/h7H,5-6H2,1-4H3,(H,17,18). The van der Waals surface area contributed by atoms with Crippen molar-refractivity contribution >= 4 is 5.97 Å². The number of hydrogen-bond acceptors (Lipinski definition) is 1. The fourth-order valence-electron chi connectivity index (χ4n) is 2.15. The maximum Gasteiger partial charge on any atom is 0.303 e. The molecule has 1 aromatic rings. The van der Waals surface area contributed by atoms with Gasteiger partial charge in [-0.05, 0) is 49.9 Å². The Hall–Kier alpha value is -1.45. The molecule has 1 rings (SSSR count). The molecule has 0 saturated carbocycles. The molecule has 0 radical (unpaired) electrons. The second-order valence-corrected chi connectivity index (χ2v) is 4.73. The van der Waals surface area contributed by atoms with Crippen molar-refractivity contribution in [2.45, 2.75) is 46.5 Å². The third kappa shape index (κ3) is 2.86. The predicted octanol–water partition coefficient (Wildman–Crippen LogP) is 3.88. The van der Waals surface area contributed by atoms with Gasteiger partial charge in [-0.2, -0.15) is 0 Å². The van der Waals surface area contributed by atoms with Crippen molar-refractivity contribution in [1.82, 2.24) is 0 Å². The summed E-state index contributed by atoms with van der Waals surface area (Å²) in [6.07, 6.45) is -1.19. The van der Waals surface area contributed by atoms with Crippen LogP contribution >= 0.6 is 0 Å². The van der Waals surface area contributed by atoms with Gasteiger partial charge in [0.1, 0.15) is 0 Å². The smallest absolute Gasteiger partial charge is 0.303 e. The minimum Gasteiger partial charge on any atom is -0.481 e. The van der Waals surface area contributed by atoms with Gasteiger partial charge in [0.15, 0.2) is 0 Å². The van der Waals surface area contributed by atoms with Gasteiger partial charge in [0, 0.05) is 12.0 Å². The van der Waals surface area contributed by atoms with Crippen LogP contribution < -0.4 is 0 Å². The molecule has 4 heteroatoms. The molecule has 1 aromatic carbocycles. The summed E-state index contributed by atoms with van der Waals surface area (Å²) in [5.41, 5.74) is 2.70. The van der Waals surface area contributed by atoms with Crippen LogP contribution in [0.4, 0.5) is 8.78 Å². The summed E-state index contributed by atoms with van der Waals surface area (Å²) in [4.78, 5) is 10.4. The summed E-state index contributed by atoms with van der Waals surface area (Å²) < 4.78 is 28.3. The monoisotopic (exact) mass is 256 g/mol. The molecule has 18 heavy (non-hydrogen) atoms. The SMILES string of the molecule is Cc1cc(C)c(C)c(C(F)(F)CCC(=O)O)c1C. The zero-order chi connectivity index (χ0) is 14.1. The number of benzene rings is 1. The van der Waals surface area contributed by atoms with Gasteiger partial charge in [0.2, 0.25) is 0 Å². The highest BCUT2D eigenvalue weighted by atomic mass is 19.3. The summed E-state index contributed by atoms with van der Waals surface area (Å²) in [7, 11) is 0. The highest BCUT2D eigenvalue weighted by Crippen LogP contribution is 2.39.